The molecule has 1 heterocycles. The van der Waals surface area contributed by atoms with Crippen LogP contribution in [0.25, 0.3) is 0 Å². The van der Waals surface area contributed by atoms with Crippen molar-refractivity contribution in [3.63, 3.8) is 0 Å². The van der Waals surface area contributed by atoms with Crippen LogP contribution >= 0.6 is 0 Å². The van der Waals surface area contributed by atoms with E-state index in [0.717, 1.165) is 27.5 Å². The van der Waals surface area contributed by atoms with Crippen LogP contribution in [-0.2, 0) is 21.2 Å². The highest BCUT2D eigenvalue weighted by Gasteiger charge is 2.26. The number of hydrogen-bond acceptors (Lipinski definition) is 5. The van der Waals surface area contributed by atoms with Gasteiger partial charge in [-0.05, 0) is 43.5 Å². The third kappa shape index (κ3) is 4.06. The largest absolute Gasteiger partial charge is 0.454 e. The summed E-state index contributed by atoms with van der Waals surface area (Å²) in [6.07, 6.45) is 0.760. The van der Waals surface area contributed by atoms with Gasteiger partial charge in [0.2, 0.25) is 22.7 Å². The number of aryl methyl sites for hydroxylation is 2. The van der Waals surface area contributed by atoms with Gasteiger partial charge in [0, 0.05) is 11.8 Å². The second-order valence-corrected chi connectivity index (χ2v) is 8.64. The van der Waals surface area contributed by atoms with Crippen LogP contribution < -0.4 is 19.1 Å². The molecule has 0 saturated heterocycles. The summed E-state index contributed by atoms with van der Waals surface area (Å²) in [7, 11) is -3.67. The van der Waals surface area contributed by atoms with Crippen molar-refractivity contribution in [3.8, 4) is 11.5 Å². The molecule has 0 saturated carbocycles. The number of rotatable bonds is 7. The van der Waals surface area contributed by atoms with Gasteiger partial charge in [0.25, 0.3) is 0 Å². The van der Waals surface area contributed by atoms with E-state index in [-0.39, 0.29) is 19.1 Å². The number of carbonyl (C=O) groups is 1. The molecule has 1 N–H and O–H groups in total. The van der Waals surface area contributed by atoms with E-state index in [1.807, 2.05) is 32.0 Å². The first-order valence-corrected chi connectivity index (χ1v) is 10.7. The van der Waals surface area contributed by atoms with Crippen molar-refractivity contribution in [2.24, 2.45) is 0 Å². The first-order valence-electron chi connectivity index (χ1n) is 9.14. The fraction of sp³-hybridized carbons (Fsp3) is 0.350. The van der Waals surface area contributed by atoms with Gasteiger partial charge < -0.3 is 14.8 Å². The van der Waals surface area contributed by atoms with Crippen LogP contribution in [0.3, 0.4) is 0 Å². The van der Waals surface area contributed by atoms with E-state index in [2.05, 4.69) is 5.32 Å². The number of benzene rings is 2. The Morgan fingerprint density at radius 3 is 2.61 bits per heavy atom. The van der Waals surface area contributed by atoms with Crippen LogP contribution in [0, 0.1) is 6.92 Å². The molecule has 3 rings (SSSR count). The normalized spacial score (nSPS) is 12.7. The van der Waals surface area contributed by atoms with E-state index in [9.17, 15) is 13.2 Å². The maximum Gasteiger partial charge on any atom is 0.245 e. The minimum absolute atomic E-state index is 0.0902. The van der Waals surface area contributed by atoms with E-state index >= 15 is 0 Å². The molecule has 0 atom stereocenters. The van der Waals surface area contributed by atoms with Crippen molar-refractivity contribution in [1.29, 1.82) is 0 Å². The van der Waals surface area contributed by atoms with Crippen LogP contribution in [0.1, 0.15) is 25.0 Å². The molecular formula is C20H24N2O5S. The molecule has 7 nitrogen and oxygen atoms in total. The number of ether oxygens (including phenoxy) is 2. The second kappa shape index (κ2) is 8.10. The molecule has 0 aromatic heterocycles. The Morgan fingerprint density at radius 1 is 1.14 bits per heavy atom. The Labute approximate surface area is 165 Å². The number of sulfonamides is 1. The fourth-order valence-corrected chi connectivity index (χ4v) is 4.12. The Hall–Kier alpha value is -2.74. The van der Waals surface area contributed by atoms with Gasteiger partial charge in [-0.15, -0.1) is 0 Å². The zero-order valence-electron chi connectivity index (χ0n) is 16.2. The predicted octanol–water partition coefficient (Wildman–Crippen LogP) is 3.08. The molecule has 0 radical (unpaired) electrons. The molecule has 0 fully saturated rings. The molecule has 2 aromatic carbocycles. The van der Waals surface area contributed by atoms with Crippen molar-refractivity contribution in [3.05, 3.63) is 47.5 Å². The third-order valence-corrected chi connectivity index (χ3v) is 6.38. The number of hydrogen-bond donors (Lipinski definition) is 1. The number of anilines is 2. The summed E-state index contributed by atoms with van der Waals surface area (Å²) in [6.45, 7) is 5.22. The van der Waals surface area contributed by atoms with Crippen molar-refractivity contribution >= 4 is 27.3 Å². The Kier molecular flexibility index (Phi) is 5.79. The summed E-state index contributed by atoms with van der Waals surface area (Å²) in [5.74, 6) is 0.480. The lowest BCUT2D eigenvalue weighted by Crippen LogP contribution is -2.39. The Balaban J connectivity index is 1.88. The lowest BCUT2D eigenvalue weighted by Gasteiger charge is -2.24. The SMILES string of the molecule is CCc1cccc(C)c1NC(=O)CN(c1ccc2c(c1)OCO2)S(=O)(=O)CC. The van der Waals surface area contributed by atoms with Crippen LogP contribution in [0.5, 0.6) is 11.5 Å². The van der Waals surface area contributed by atoms with Gasteiger partial charge in [-0.25, -0.2) is 8.42 Å². The fourth-order valence-electron chi connectivity index (χ4n) is 3.06. The maximum atomic E-state index is 12.7. The number of amides is 1. The number of nitrogens with zero attached hydrogens (tertiary/aromatic N) is 1. The summed E-state index contributed by atoms with van der Waals surface area (Å²) < 4.78 is 37.0. The van der Waals surface area contributed by atoms with Crippen LogP contribution in [0.15, 0.2) is 36.4 Å². The van der Waals surface area contributed by atoms with E-state index in [1.165, 1.54) is 0 Å². The highest BCUT2D eigenvalue weighted by atomic mass is 32.2. The van der Waals surface area contributed by atoms with Gasteiger partial charge in [-0.2, -0.15) is 0 Å². The lowest BCUT2D eigenvalue weighted by atomic mass is 10.1. The number of para-hydroxylation sites is 1. The predicted molar refractivity (Wildman–Crippen MR) is 109 cm³/mol. The summed E-state index contributed by atoms with van der Waals surface area (Å²) in [6, 6.07) is 10.6. The van der Waals surface area contributed by atoms with Gasteiger partial charge in [-0.3, -0.25) is 9.10 Å². The topological polar surface area (TPSA) is 84.9 Å². The number of fused-ring (bicyclic) bond motifs is 1. The molecular weight excluding hydrogens is 380 g/mol. The van der Waals surface area contributed by atoms with Crippen LogP contribution in [-0.4, -0.2) is 33.4 Å². The van der Waals surface area contributed by atoms with Crippen molar-refractivity contribution < 1.29 is 22.7 Å². The van der Waals surface area contributed by atoms with Crippen molar-refractivity contribution in [2.75, 3.05) is 28.7 Å². The van der Waals surface area contributed by atoms with Crippen LogP contribution in [0.2, 0.25) is 0 Å². The molecule has 0 bridgehead atoms. The van der Waals surface area contributed by atoms with Crippen LogP contribution in [0.4, 0.5) is 11.4 Å². The van der Waals surface area contributed by atoms with Gasteiger partial charge in [0.05, 0.1) is 11.4 Å². The Morgan fingerprint density at radius 2 is 1.89 bits per heavy atom. The monoisotopic (exact) mass is 404 g/mol. The third-order valence-electron chi connectivity index (χ3n) is 4.64. The van der Waals surface area contributed by atoms with E-state index < -0.39 is 15.9 Å². The van der Waals surface area contributed by atoms with Gasteiger partial charge in [0.1, 0.15) is 6.54 Å². The van der Waals surface area contributed by atoms with E-state index in [0.29, 0.717) is 17.2 Å². The molecule has 1 amide bonds. The first kappa shape index (κ1) is 20.0. The standard InChI is InChI=1S/C20H24N2O5S/c1-4-15-8-6-7-14(3)20(15)21-19(23)12-22(28(24,25)5-2)16-9-10-17-18(11-16)27-13-26-17/h6-11H,4-5,12-13H2,1-3H3,(H,21,23). The average molecular weight is 404 g/mol. The molecule has 0 unspecified atom stereocenters. The molecule has 150 valence electrons. The highest BCUT2D eigenvalue weighted by molar-refractivity contribution is 7.92. The van der Waals surface area contributed by atoms with E-state index in [1.54, 1.807) is 25.1 Å². The molecule has 28 heavy (non-hydrogen) atoms. The zero-order chi connectivity index (χ0) is 20.3. The first-order chi connectivity index (χ1) is 13.4. The highest BCUT2D eigenvalue weighted by Crippen LogP contribution is 2.36. The lowest BCUT2D eigenvalue weighted by molar-refractivity contribution is -0.114. The molecule has 0 spiro atoms. The molecule has 0 aliphatic carbocycles. The zero-order valence-corrected chi connectivity index (χ0v) is 17.0. The van der Waals surface area contributed by atoms with Gasteiger partial charge in [-0.1, -0.05) is 25.1 Å². The minimum atomic E-state index is -3.67. The summed E-state index contributed by atoms with van der Waals surface area (Å²) in [5, 5.41) is 2.88. The quantitative estimate of drug-likeness (QED) is 0.767. The molecule has 2 aromatic rings. The van der Waals surface area contributed by atoms with Gasteiger partial charge in [0.15, 0.2) is 11.5 Å². The summed E-state index contributed by atoms with van der Waals surface area (Å²) in [5.41, 5.74) is 3.03. The number of nitrogens with one attached hydrogen (secondary N) is 1. The molecule has 1 aliphatic heterocycles. The van der Waals surface area contributed by atoms with Crippen molar-refractivity contribution in [1.82, 2.24) is 0 Å². The minimum Gasteiger partial charge on any atom is -0.454 e. The second-order valence-electron chi connectivity index (χ2n) is 6.46. The van der Waals surface area contributed by atoms with E-state index in [4.69, 9.17) is 9.47 Å². The molecule has 8 heteroatoms. The average Bonchev–Trinajstić information content (AvgIpc) is 3.15. The summed E-state index contributed by atoms with van der Waals surface area (Å²) in [4.78, 5) is 12.7. The maximum absolute atomic E-state index is 12.7. The molecule has 1 aliphatic rings. The summed E-state index contributed by atoms with van der Waals surface area (Å²) >= 11 is 0. The smallest absolute Gasteiger partial charge is 0.245 e. The number of carbonyl (C=O) groups excluding carboxylic acids is 1. The van der Waals surface area contributed by atoms with Crippen molar-refractivity contribution in [2.45, 2.75) is 27.2 Å². The Bertz CT molecular complexity index is 988. The van der Waals surface area contributed by atoms with Gasteiger partial charge >= 0.3 is 0 Å².